The lowest BCUT2D eigenvalue weighted by molar-refractivity contribution is -0.122. The number of amides is 1. The van der Waals surface area contributed by atoms with Crippen molar-refractivity contribution in [2.45, 2.75) is 52.7 Å². The fourth-order valence-electron chi connectivity index (χ4n) is 1.65. The van der Waals surface area contributed by atoms with Crippen LogP contribution < -0.4 is 10.0 Å². The van der Waals surface area contributed by atoms with Crippen molar-refractivity contribution in [3.05, 3.63) is 0 Å². The van der Waals surface area contributed by atoms with Gasteiger partial charge in [-0.05, 0) is 25.7 Å². The van der Waals surface area contributed by atoms with Crippen LogP contribution in [-0.2, 0) is 14.8 Å². The van der Waals surface area contributed by atoms with E-state index in [9.17, 15) is 18.3 Å². The Hall–Kier alpha value is -0.660. The Kier molecular flexibility index (Phi) is 8.20. The Labute approximate surface area is 116 Å². The van der Waals surface area contributed by atoms with Crippen LogP contribution in [-0.4, -0.2) is 43.9 Å². The fraction of sp³-hybridized carbons (Fsp3) is 0.917. The molecule has 0 aromatic carbocycles. The van der Waals surface area contributed by atoms with E-state index in [1.165, 1.54) is 6.92 Å². The van der Waals surface area contributed by atoms with E-state index in [1.807, 2.05) is 13.8 Å². The number of carbonyl (C=O) groups is 1. The molecule has 0 bridgehead atoms. The van der Waals surface area contributed by atoms with Crippen molar-refractivity contribution in [1.29, 1.82) is 0 Å². The zero-order chi connectivity index (χ0) is 15.1. The molecule has 0 saturated carbocycles. The fourth-order valence-corrected chi connectivity index (χ4v) is 2.95. The number of aliphatic hydroxyl groups excluding tert-OH is 1. The van der Waals surface area contributed by atoms with Crippen molar-refractivity contribution in [2.24, 2.45) is 5.92 Å². The minimum Gasteiger partial charge on any atom is -0.391 e. The first kappa shape index (κ1) is 18.3. The molecule has 2 atom stereocenters. The molecule has 19 heavy (non-hydrogen) atoms. The molecule has 0 fully saturated rings. The lowest BCUT2D eigenvalue weighted by Crippen LogP contribution is -2.47. The monoisotopic (exact) mass is 294 g/mol. The maximum absolute atomic E-state index is 11.7. The van der Waals surface area contributed by atoms with Crippen molar-refractivity contribution < 1.29 is 18.3 Å². The zero-order valence-electron chi connectivity index (χ0n) is 12.1. The van der Waals surface area contributed by atoms with Gasteiger partial charge in [-0.25, -0.2) is 13.1 Å². The van der Waals surface area contributed by atoms with Crippen molar-refractivity contribution >= 4 is 15.9 Å². The van der Waals surface area contributed by atoms with E-state index in [-0.39, 0.29) is 12.3 Å². The second kappa shape index (κ2) is 8.50. The Morgan fingerprint density at radius 2 is 1.84 bits per heavy atom. The Morgan fingerprint density at radius 3 is 2.32 bits per heavy atom. The van der Waals surface area contributed by atoms with E-state index in [4.69, 9.17) is 0 Å². The lowest BCUT2D eigenvalue weighted by atomic mass is 10.1. The Balaban J connectivity index is 4.14. The highest BCUT2D eigenvalue weighted by atomic mass is 32.2. The average Bonchev–Trinajstić information content (AvgIpc) is 2.23. The number of nitrogens with one attached hydrogen (secondary N) is 2. The van der Waals surface area contributed by atoms with Crippen LogP contribution in [0.25, 0.3) is 0 Å². The van der Waals surface area contributed by atoms with E-state index in [0.29, 0.717) is 18.8 Å². The van der Waals surface area contributed by atoms with Gasteiger partial charge >= 0.3 is 0 Å². The van der Waals surface area contributed by atoms with E-state index in [0.717, 1.165) is 0 Å². The van der Waals surface area contributed by atoms with Gasteiger partial charge < -0.3 is 10.4 Å². The van der Waals surface area contributed by atoms with Gasteiger partial charge in [0.25, 0.3) is 0 Å². The number of hydrogen-bond donors (Lipinski definition) is 3. The van der Waals surface area contributed by atoms with Gasteiger partial charge in [-0.1, -0.05) is 20.8 Å². The largest absolute Gasteiger partial charge is 0.391 e. The minimum atomic E-state index is -3.41. The number of carbonyl (C=O) groups excluding carboxylic acids is 1. The summed E-state index contributed by atoms with van der Waals surface area (Å²) in [5.41, 5.74) is 0. The second-order valence-corrected chi connectivity index (χ2v) is 7.06. The van der Waals surface area contributed by atoms with Gasteiger partial charge in [-0.3, -0.25) is 4.79 Å². The highest BCUT2D eigenvalue weighted by Crippen LogP contribution is 2.03. The average molecular weight is 294 g/mol. The van der Waals surface area contributed by atoms with Crippen molar-refractivity contribution in [3.63, 3.8) is 0 Å². The van der Waals surface area contributed by atoms with Gasteiger partial charge in [0.15, 0.2) is 0 Å². The smallest absolute Gasteiger partial charge is 0.237 e. The molecule has 0 spiro atoms. The molecule has 0 radical (unpaired) electrons. The Morgan fingerprint density at radius 1 is 1.26 bits per heavy atom. The summed E-state index contributed by atoms with van der Waals surface area (Å²) in [4.78, 5) is 11.7. The van der Waals surface area contributed by atoms with Crippen molar-refractivity contribution in [3.8, 4) is 0 Å². The van der Waals surface area contributed by atoms with Crippen LogP contribution in [0.4, 0.5) is 0 Å². The summed E-state index contributed by atoms with van der Waals surface area (Å²) in [6.45, 7) is 7.33. The summed E-state index contributed by atoms with van der Waals surface area (Å²) >= 11 is 0. The molecule has 1 amide bonds. The second-order valence-electron chi connectivity index (χ2n) is 5.19. The van der Waals surface area contributed by atoms with E-state index in [2.05, 4.69) is 10.0 Å². The molecule has 7 heteroatoms. The third kappa shape index (κ3) is 8.96. The third-order valence-corrected chi connectivity index (χ3v) is 4.14. The number of sulfonamides is 1. The first-order valence-corrected chi connectivity index (χ1v) is 8.29. The van der Waals surface area contributed by atoms with Crippen molar-refractivity contribution in [1.82, 2.24) is 10.0 Å². The molecule has 0 heterocycles. The Bertz CT molecular complexity index is 368. The summed E-state index contributed by atoms with van der Waals surface area (Å²) in [5.74, 6) is -0.0875. The molecular formula is C12H26N2O4S. The van der Waals surface area contributed by atoms with Crippen LogP contribution >= 0.6 is 0 Å². The molecular weight excluding hydrogens is 268 g/mol. The van der Waals surface area contributed by atoms with Gasteiger partial charge in [0.1, 0.15) is 0 Å². The summed E-state index contributed by atoms with van der Waals surface area (Å²) < 4.78 is 25.3. The van der Waals surface area contributed by atoms with Gasteiger partial charge in [-0.2, -0.15) is 0 Å². The van der Waals surface area contributed by atoms with Crippen LogP contribution in [0.15, 0.2) is 0 Å². The summed E-state index contributed by atoms with van der Waals surface area (Å²) in [5, 5.41) is 12.2. The maximum atomic E-state index is 11.7. The normalized spacial score (nSPS) is 15.3. The number of aliphatic hydroxyl groups is 1. The molecule has 0 saturated heterocycles. The topological polar surface area (TPSA) is 95.5 Å². The predicted molar refractivity (Wildman–Crippen MR) is 75.1 cm³/mol. The molecule has 0 aliphatic carbocycles. The summed E-state index contributed by atoms with van der Waals surface area (Å²) in [6.07, 6.45) is 0.482. The van der Waals surface area contributed by atoms with E-state index in [1.54, 1.807) is 6.92 Å². The molecule has 3 N–H and O–H groups in total. The first-order chi connectivity index (χ1) is 8.68. The van der Waals surface area contributed by atoms with E-state index >= 15 is 0 Å². The van der Waals surface area contributed by atoms with Crippen LogP contribution in [0.2, 0.25) is 0 Å². The summed E-state index contributed by atoms with van der Waals surface area (Å²) in [6, 6.07) is -0.831. The van der Waals surface area contributed by atoms with E-state index < -0.39 is 28.1 Å². The predicted octanol–water partition coefficient (Wildman–Crippen LogP) is 0.228. The molecule has 0 aromatic rings. The first-order valence-electron chi connectivity index (χ1n) is 6.63. The SMILES string of the molecule is CCCS(=O)(=O)NC(C)C(=O)NCC(O)CC(C)C. The molecule has 114 valence electrons. The van der Waals surface area contributed by atoms with Crippen molar-refractivity contribution in [2.75, 3.05) is 12.3 Å². The van der Waals surface area contributed by atoms with Crippen LogP contribution in [0.3, 0.4) is 0 Å². The quantitative estimate of drug-likeness (QED) is 0.567. The maximum Gasteiger partial charge on any atom is 0.237 e. The highest BCUT2D eigenvalue weighted by Gasteiger charge is 2.20. The standard InChI is InChI=1S/C12H26N2O4S/c1-5-6-19(17,18)14-10(4)12(16)13-8-11(15)7-9(2)3/h9-11,14-15H,5-8H2,1-4H3,(H,13,16). The summed E-state index contributed by atoms with van der Waals surface area (Å²) in [7, 11) is -3.41. The lowest BCUT2D eigenvalue weighted by Gasteiger charge is -2.17. The minimum absolute atomic E-state index is 0.000590. The molecule has 2 unspecified atom stereocenters. The van der Waals surface area contributed by atoms with Gasteiger partial charge in [-0.15, -0.1) is 0 Å². The molecule has 0 aliphatic heterocycles. The van der Waals surface area contributed by atoms with Gasteiger partial charge in [0.2, 0.25) is 15.9 Å². The molecule has 0 aromatic heterocycles. The van der Waals surface area contributed by atoms with Crippen LogP contribution in [0.1, 0.15) is 40.5 Å². The molecule has 6 nitrogen and oxygen atoms in total. The molecule has 0 rings (SSSR count). The van der Waals surface area contributed by atoms with Gasteiger partial charge in [0.05, 0.1) is 17.9 Å². The van der Waals surface area contributed by atoms with Gasteiger partial charge in [0, 0.05) is 6.54 Å². The number of hydrogen-bond acceptors (Lipinski definition) is 4. The van der Waals surface area contributed by atoms with Crippen LogP contribution in [0, 0.1) is 5.92 Å². The zero-order valence-corrected chi connectivity index (χ0v) is 13.0. The number of rotatable bonds is 9. The third-order valence-electron chi connectivity index (χ3n) is 2.48. The highest BCUT2D eigenvalue weighted by molar-refractivity contribution is 7.89. The molecule has 0 aliphatic rings. The van der Waals surface area contributed by atoms with Crippen LogP contribution in [0.5, 0.6) is 0 Å².